The third-order valence-corrected chi connectivity index (χ3v) is 2.84. The van der Waals surface area contributed by atoms with E-state index in [0.29, 0.717) is 0 Å². The lowest BCUT2D eigenvalue weighted by atomic mass is 10.1. The van der Waals surface area contributed by atoms with Crippen molar-refractivity contribution in [2.24, 2.45) is 9.98 Å². The lowest BCUT2D eigenvalue weighted by Gasteiger charge is -1.99. The molecule has 2 rings (SSSR count). The van der Waals surface area contributed by atoms with Gasteiger partial charge < -0.3 is 0 Å². The average molecular weight is 276 g/mol. The second-order valence-electron chi connectivity index (χ2n) is 5.06. The summed E-state index contributed by atoms with van der Waals surface area (Å²) < 4.78 is 0. The van der Waals surface area contributed by atoms with Gasteiger partial charge in [-0.25, -0.2) is 0 Å². The van der Waals surface area contributed by atoms with Crippen LogP contribution < -0.4 is 0 Å². The molecule has 2 aromatic carbocycles. The Kier molecular flexibility index (Phi) is 5.22. The van der Waals surface area contributed by atoms with E-state index in [9.17, 15) is 0 Å². The van der Waals surface area contributed by atoms with Crippen LogP contribution >= 0.6 is 0 Å². The van der Waals surface area contributed by atoms with E-state index in [4.69, 9.17) is 0 Å². The molecule has 0 aliphatic rings. The van der Waals surface area contributed by atoms with E-state index in [2.05, 4.69) is 48.1 Å². The molecule has 0 N–H and O–H groups in total. The Labute approximate surface area is 126 Å². The molecule has 0 aliphatic heterocycles. The molecule has 2 nitrogen and oxygen atoms in total. The van der Waals surface area contributed by atoms with Crippen molar-refractivity contribution in [2.45, 2.75) is 20.8 Å². The molecule has 0 saturated carbocycles. The minimum absolute atomic E-state index is 0.908. The van der Waals surface area contributed by atoms with Gasteiger partial charge in [0.1, 0.15) is 0 Å². The highest BCUT2D eigenvalue weighted by Crippen LogP contribution is 2.20. The first-order valence-electron chi connectivity index (χ1n) is 7.05. The minimum atomic E-state index is 0.908. The maximum Gasteiger partial charge on any atom is 0.0651 e. The van der Waals surface area contributed by atoms with Crippen molar-refractivity contribution in [3.8, 4) is 0 Å². The molecule has 0 atom stereocenters. The summed E-state index contributed by atoms with van der Waals surface area (Å²) in [6.45, 7) is 6.10. The molecule has 0 fully saturated rings. The number of hydrogen-bond donors (Lipinski definition) is 0. The Balaban J connectivity index is 2.21. The molecule has 0 radical (unpaired) electrons. The van der Waals surface area contributed by atoms with E-state index in [1.807, 2.05) is 43.5 Å². The minimum Gasteiger partial charge on any atom is -0.261 e. The highest BCUT2D eigenvalue weighted by Gasteiger charge is 1.93. The third kappa shape index (κ3) is 4.84. The summed E-state index contributed by atoms with van der Waals surface area (Å²) in [4.78, 5) is 8.78. The third-order valence-electron chi connectivity index (χ3n) is 2.84. The van der Waals surface area contributed by atoms with Gasteiger partial charge in [0.25, 0.3) is 0 Å². The lowest BCUT2D eigenvalue weighted by Crippen LogP contribution is -1.82. The summed E-state index contributed by atoms with van der Waals surface area (Å²) in [5.41, 5.74) is 5.41. The SMILES string of the molecule is CC=Nc1cccc(N=Cc2cccc(C=C(C)C)c2)c1. The number of nitrogens with zero attached hydrogens (tertiary/aromatic N) is 2. The molecular formula is C19H20N2. The molecule has 0 saturated heterocycles. The molecule has 0 heterocycles. The van der Waals surface area contributed by atoms with Crippen LogP contribution in [0.4, 0.5) is 11.4 Å². The molecule has 0 aromatic heterocycles. The molecule has 106 valence electrons. The Morgan fingerprint density at radius 1 is 0.857 bits per heavy atom. The maximum atomic E-state index is 4.52. The van der Waals surface area contributed by atoms with Crippen molar-refractivity contribution in [1.82, 2.24) is 0 Å². The predicted molar refractivity (Wildman–Crippen MR) is 93.3 cm³/mol. The number of rotatable bonds is 4. The van der Waals surface area contributed by atoms with Crippen LogP contribution in [0.2, 0.25) is 0 Å². The zero-order chi connectivity index (χ0) is 15.1. The highest BCUT2D eigenvalue weighted by atomic mass is 14.7. The van der Waals surface area contributed by atoms with E-state index >= 15 is 0 Å². The summed E-state index contributed by atoms with van der Waals surface area (Å²) in [5.74, 6) is 0. The second kappa shape index (κ2) is 7.34. The van der Waals surface area contributed by atoms with Crippen molar-refractivity contribution in [3.63, 3.8) is 0 Å². The summed E-state index contributed by atoms with van der Waals surface area (Å²) in [7, 11) is 0. The van der Waals surface area contributed by atoms with Gasteiger partial charge in [0.2, 0.25) is 0 Å². The van der Waals surface area contributed by atoms with Crippen LogP contribution in [0, 0.1) is 0 Å². The van der Waals surface area contributed by atoms with Crippen LogP contribution in [-0.4, -0.2) is 12.4 Å². The van der Waals surface area contributed by atoms with E-state index in [-0.39, 0.29) is 0 Å². The van der Waals surface area contributed by atoms with Crippen LogP contribution in [0.15, 0.2) is 64.1 Å². The van der Waals surface area contributed by atoms with E-state index < -0.39 is 0 Å². The van der Waals surface area contributed by atoms with Gasteiger partial charge in [-0.3, -0.25) is 9.98 Å². The topological polar surface area (TPSA) is 24.7 Å². The summed E-state index contributed by atoms with van der Waals surface area (Å²) in [5, 5.41) is 0. The van der Waals surface area contributed by atoms with E-state index in [1.165, 1.54) is 11.1 Å². The average Bonchev–Trinajstić information content (AvgIpc) is 2.46. The van der Waals surface area contributed by atoms with Crippen molar-refractivity contribution >= 4 is 29.9 Å². The second-order valence-corrected chi connectivity index (χ2v) is 5.06. The van der Waals surface area contributed by atoms with Crippen molar-refractivity contribution in [2.75, 3.05) is 0 Å². The molecule has 2 aromatic rings. The molecule has 21 heavy (non-hydrogen) atoms. The normalized spacial score (nSPS) is 11.2. The van der Waals surface area contributed by atoms with Gasteiger partial charge in [-0.1, -0.05) is 35.9 Å². The zero-order valence-corrected chi connectivity index (χ0v) is 12.7. The first-order chi connectivity index (χ1) is 10.2. The Hall–Kier alpha value is -2.48. The zero-order valence-electron chi connectivity index (χ0n) is 12.7. The molecule has 0 unspecified atom stereocenters. The predicted octanol–water partition coefficient (Wildman–Crippen LogP) is 5.58. The fraction of sp³-hybridized carbons (Fsp3) is 0.158. The van der Waals surface area contributed by atoms with E-state index in [0.717, 1.165) is 16.9 Å². The Morgan fingerprint density at radius 2 is 1.52 bits per heavy atom. The van der Waals surface area contributed by atoms with Crippen LogP contribution in [0.5, 0.6) is 0 Å². The number of aliphatic imine (C=N–C) groups is 2. The fourth-order valence-corrected chi connectivity index (χ4v) is 2.01. The first kappa shape index (κ1) is 14.9. The summed E-state index contributed by atoms with van der Waals surface area (Å²) in [6.07, 6.45) is 5.83. The van der Waals surface area contributed by atoms with Gasteiger partial charge >= 0.3 is 0 Å². The van der Waals surface area contributed by atoms with Crippen molar-refractivity contribution in [1.29, 1.82) is 0 Å². The molecule has 0 bridgehead atoms. The Bertz CT molecular complexity index is 690. The van der Waals surface area contributed by atoms with Gasteiger partial charge in [-0.15, -0.1) is 0 Å². The summed E-state index contributed by atoms with van der Waals surface area (Å²) >= 11 is 0. The van der Waals surface area contributed by atoms with Gasteiger partial charge in [-0.05, 0) is 56.2 Å². The van der Waals surface area contributed by atoms with Gasteiger partial charge in [-0.2, -0.15) is 0 Å². The van der Waals surface area contributed by atoms with Crippen LogP contribution in [0.3, 0.4) is 0 Å². The number of benzene rings is 2. The highest BCUT2D eigenvalue weighted by molar-refractivity contribution is 5.83. The smallest absolute Gasteiger partial charge is 0.0651 e. The quantitative estimate of drug-likeness (QED) is 0.651. The lowest BCUT2D eigenvalue weighted by molar-refractivity contribution is 1.42. The van der Waals surface area contributed by atoms with Gasteiger partial charge in [0.15, 0.2) is 0 Å². The standard InChI is InChI=1S/C19H20N2/c1-4-20-18-9-6-10-19(13-18)21-14-17-8-5-7-16(12-17)11-15(2)3/h4-14H,1-3H3. The number of hydrogen-bond acceptors (Lipinski definition) is 2. The fourth-order valence-electron chi connectivity index (χ4n) is 2.01. The van der Waals surface area contributed by atoms with Crippen LogP contribution in [0.1, 0.15) is 31.9 Å². The van der Waals surface area contributed by atoms with Crippen LogP contribution in [0.25, 0.3) is 6.08 Å². The van der Waals surface area contributed by atoms with Crippen molar-refractivity contribution in [3.05, 3.63) is 65.2 Å². The van der Waals surface area contributed by atoms with Gasteiger partial charge in [0, 0.05) is 12.4 Å². The van der Waals surface area contributed by atoms with Crippen molar-refractivity contribution < 1.29 is 0 Å². The molecule has 0 aliphatic carbocycles. The van der Waals surface area contributed by atoms with Crippen LogP contribution in [-0.2, 0) is 0 Å². The Morgan fingerprint density at radius 3 is 2.24 bits per heavy atom. The van der Waals surface area contributed by atoms with Gasteiger partial charge in [0.05, 0.1) is 11.4 Å². The molecular weight excluding hydrogens is 256 g/mol. The number of allylic oxidation sites excluding steroid dienone is 1. The molecule has 2 heteroatoms. The molecule has 0 spiro atoms. The largest absolute Gasteiger partial charge is 0.261 e. The molecule has 0 amide bonds. The first-order valence-corrected chi connectivity index (χ1v) is 7.05. The monoisotopic (exact) mass is 276 g/mol. The maximum absolute atomic E-state index is 4.52. The van der Waals surface area contributed by atoms with E-state index in [1.54, 1.807) is 6.21 Å². The summed E-state index contributed by atoms with van der Waals surface area (Å²) in [6, 6.07) is 16.2.